The molecular formula is C27H27F3N2O4S. The number of hydrogen-bond donors (Lipinski definition) is 1. The van der Waals surface area contributed by atoms with Crippen LogP contribution in [0.1, 0.15) is 24.0 Å². The minimum absolute atomic E-state index is 0.138. The summed E-state index contributed by atoms with van der Waals surface area (Å²) in [4.78, 5) is 14.2. The van der Waals surface area contributed by atoms with Gasteiger partial charge in [0, 0.05) is 18.8 Å². The number of anilines is 1. The SMILES string of the molecule is O=C(COc1ccc(S(=O)(=O)Nc2cccc(C(F)(F)F)c2)cc1)N1CCC(Cc2ccccc2)CC1. The number of piperidine rings is 1. The molecule has 1 heterocycles. The maximum Gasteiger partial charge on any atom is 0.416 e. The Balaban J connectivity index is 1.27. The van der Waals surface area contributed by atoms with Crippen LogP contribution in [0, 0.1) is 5.92 Å². The summed E-state index contributed by atoms with van der Waals surface area (Å²) in [6.45, 7) is 1.16. The van der Waals surface area contributed by atoms with Crippen LogP contribution in [0.15, 0.2) is 83.8 Å². The van der Waals surface area contributed by atoms with Gasteiger partial charge in [-0.2, -0.15) is 13.2 Å². The number of alkyl halides is 3. The van der Waals surface area contributed by atoms with Crippen molar-refractivity contribution in [3.05, 3.63) is 90.0 Å². The van der Waals surface area contributed by atoms with Gasteiger partial charge in [-0.05, 0) is 73.2 Å². The van der Waals surface area contributed by atoms with Crippen LogP contribution in [0.4, 0.5) is 18.9 Å². The maximum absolute atomic E-state index is 12.9. The van der Waals surface area contributed by atoms with E-state index in [1.165, 1.54) is 35.9 Å². The molecule has 0 radical (unpaired) electrons. The topological polar surface area (TPSA) is 75.7 Å². The zero-order chi connectivity index (χ0) is 26.5. The first-order chi connectivity index (χ1) is 17.6. The number of benzene rings is 3. The zero-order valence-electron chi connectivity index (χ0n) is 19.9. The standard InChI is InChI=1S/C27H27F3N2O4S/c28-27(29,30)22-7-4-8-23(18-22)31-37(34,35)25-11-9-24(10-12-25)36-19-26(33)32-15-13-21(14-16-32)17-20-5-2-1-3-6-20/h1-12,18,21,31H,13-17,19H2. The third kappa shape index (κ3) is 7.25. The molecule has 1 amide bonds. The van der Waals surface area contributed by atoms with E-state index in [0.29, 0.717) is 24.8 Å². The molecule has 3 aromatic carbocycles. The Morgan fingerprint density at radius 3 is 2.27 bits per heavy atom. The van der Waals surface area contributed by atoms with E-state index in [1.54, 1.807) is 4.90 Å². The van der Waals surface area contributed by atoms with Gasteiger partial charge in [-0.15, -0.1) is 0 Å². The van der Waals surface area contributed by atoms with Gasteiger partial charge in [0.05, 0.1) is 10.5 Å². The average molecular weight is 533 g/mol. The molecule has 4 rings (SSSR count). The molecule has 6 nitrogen and oxygen atoms in total. The monoisotopic (exact) mass is 532 g/mol. The van der Waals surface area contributed by atoms with Crippen molar-refractivity contribution < 1.29 is 31.1 Å². The molecule has 1 aliphatic rings. The largest absolute Gasteiger partial charge is 0.484 e. The van der Waals surface area contributed by atoms with Gasteiger partial charge in [-0.25, -0.2) is 8.42 Å². The molecule has 10 heteroatoms. The number of halogens is 3. The molecule has 196 valence electrons. The van der Waals surface area contributed by atoms with Crippen LogP contribution in [0.2, 0.25) is 0 Å². The molecular weight excluding hydrogens is 505 g/mol. The minimum atomic E-state index is -4.59. The normalized spacial score (nSPS) is 14.8. The fourth-order valence-electron chi connectivity index (χ4n) is 4.26. The van der Waals surface area contributed by atoms with E-state index in [4.69, 9.17) is 4.74 Å². The Kier molecular flexibility index (Phi) is 8.06. The third-order valence-electron chi connectivity index (χ3n) is 6.27. The first kappa shape index (κ1) is 26.5. The third-order valence-corrected chi connectivity index (χ3v) is 7.67. The summed E-state index contributed by atoms with van der Waals surface area (Å²) in [5, 5.41) is 0. The number of amides is 1. The minimum Gasteiger partial charge on any atom is -0.484 e. The van der Waals surface area contributed by atoms with Crippen molar-refractivity contribution in [1.82, 2.24) is 4.90 Å². The van der Waals surface area contributed by atoms with Gasteiger partial charge in [0.25, 0.3) is 15.9 Å². The lowest BCUT2D eigenvalue weighted by atomic mass is 9.90. The highest BCUT2D eigenvalue weighted by Gasteiger charge is 2.31. The number of sulfonamides is 1. The van der Waals surface area contributed by atoms with Gasteiger partial charge in [0.15, 0.2) is 6.61 Å². The van der Waals surface area contributed by atoms with Crippen molar-refractivity contribution in [2.45, 2.75) is 30.3 Å². The molecule has 3 aromatic rings. The summed E-state index contributed by atoms with van der Waals surface area (Å²) < 4.78 is 71.6. The second-order valence-corrected chi connectivity index (χ2v) is 10.6. The number of hydrogen-bond acceptors (Lipinski definition) is 4. The van der Waals surface area contributed by atoms with Gasteiger partial charge in [-0.3, -0.25) is 9.52 Å². The average Bonchev–Trinajstić information content (AvgIpc) is 2.88. The Morgan fingerprint density at radius 2 is 1.62 bits per heavy atom. The van der Waals surface area contributed by atoms with Crippen molar-refractivity contribution in [3.63, 3.8) is 0 Å². The quantitative estimate of drug-likeness (QED) is 0.424. The maximum atomic E-state index is 12.9. The summed E-state index contributed by atoms with van der Waals surface area (Å²) >= 11 is 0. The smallest absolute Gasteiger partial charge is 0.416 e. The van der Waals surface area contributed by atoms with E-state index in [-0.39, 0.29) is 23.1 Å². The molecule has 37 heavy (non-hydrogen) atoms. The number of nitrogens with one attached hydrogen (secondary N) is 1. The number of ether oxygens (including phenoxy) is 1. The van der Waals surface area contributed by atoms with E-state index in [1.807, 2.05) is 18.2 Å². The molecule has 0 unspecified atom stereocenters. The molecule has 0 saturated carbocycles. The summed E-state index contributed by atoms with van der Waals surface area (Å²) in [5.41, 5.74) is 0.140. The summed E-state index contributed by atoms with van der Waals surface area (Å²) in [6, 6.07) is 19.6. The van der Waals surface area contributed by atoms with E-state index in [0.717, 1.165) is 37.5 Å². The Labute approximate surface area is 214 Å². The van der Waals surface area contributed by atoms with Gasteiger partial charge in [-0.1, -0.05) is 36.4 Å². The van der Waals surface area contributed by atoms with E-state index < -0.39 is 21.8 Å². The predicted molar refractivity (Wildman–Crippen MR) is 134 cm³/mol. The van der Waals surface area contributed by atoms with Gasteiger partial charge in [0.2, 0.25) is 0 Å². The lowest BCUT2D eigenvalue weighted by Crippen LogP contribution is -2.41. The molecule has 0 spiro atoms. The first-order valence-corrected chi connectivity index (χ1v) is 13.3. The van der Waals surface area contributed by atoms with Crippen LogP contribution < -0.4 is 9.46 Å². The first-order valence-electron chi connectivity index (χ1n) is 11.8. The van der Waals surface area contributed by atoms with Crippen LogP contribution in [0.25, 0.3) is 0 Å². The van der Waals surface area contributed by atoms with Crippen molar-refractivity contribution >= 4 is 21.6 Å². The number of nitrogens with zero attached hydrogens (tertiary/aromatic N) is 1. The van der Waals surface area contributed by atoms with E-state index in [9.17, 15) is 26.4 Å². The second kappa shape index (κ2) is 11.2. The number of rotatable bonds is 8. The fourth-order valence-corrected chi connectivity index (χ4v) is 5.31. The van der Waals surface area contributed by atoms with Crippen LogP contribution >= 0.6 is 0 Å². The van der Waals surface area contributed by atoms with Gasteiger partial charge >= 0.3 is 6.18 Å². The molecule has 0 atom stereocenters. The van der Waals surface area contributed by atoms with E-state index >= 15 is 0 Å². The van der Waals surface area contributed by atoms with Crippen LogP contribution in [-0.4, -0.2) is 38.9 Å². The molecule has 1 N–H and O–H groups in total. The lowest BCUT2D eigenvalue weighted by Gasteiger charge is -2.32. The molecule has 0 bridgehead atoms. The van der Waals surface area contributed by atoms with Crippen LogP contribution in [-0.2, 0) is 27.4 Å². The fraction of sp³-hybridized carbons (Fsp3) is 0.296. The number of carbonyl (C=O) groups is 1. The number of carbonyl (C=O) groups excluding carboxylic acids is 1. The predicted octanol–water partition coefficient (Wildman–Crippen LogP) is 5.37. The summed E-state index contributed by atoms with van der Waals surface area (Å²) in [6.07, 6.45) is -1.74. The summed E-state index contributed by atoms with van der Waals surface area (Å²) in [7, 11) is -4.12. The van der Waals surface area contributed by atoms with Crippen molar-refractivity contribution in [1.29, 1.82) is 0 Å². The summed E-state index contributed by atoms with van der Waals surface area (Å²) in [5.74, 6) is 0.706. The Hall–Kier alpha value is -3.53. The van der Waals surface area contributed by atoms with Crippen molar-refractivity contribution in [3.8, 4) is 5.75 Å². The van der Waals surface area contributed by atoms with Crippen LogP contribution in [0.5, 0.6) is 5.75 Å². The second-order valence-electron chi connectivity index (χ2n) is 8.96. The van der Waals surface area contributed by atoms with Crippen molar-refractivity contribution in [2.75, 3.05) is 24.4 Å². The zero-order valence-corrected chi connectivity index (χ0v) is 20.8. The van der Waals surface area contributed by atoms with Gasteiger partial charge in [0.1, 0.15) is 5.75 Å². The van der Waals surface area contributed by atoms with Gasteiger partial charge < -0.3 is 9.64 Å². The molecule has 1 fully saturated rings. The highest BCUT2D eigenvalue weighted by Crippen LogP contribution is 2.31. The molecule has 0 aromatic heterocycles. The molecule has 1 saturated heterocycles. The Bertz CT molecular complexity index is 1310. The molecule has 0 aliphatic carbocycles. The highest BCUT2D eigenvalue weighted by atomic mass is 32.2. The van der Waals surface area contributed by atoms with Crippen molar-refractivity contribution in [2.24, 2.45) is 5.92 Å². The molecule has 1 aliphatic heterocycles. The van der Waals surface area contributed by atoms with E-state index in [2.05, 4.69) is 16.9 Å². The Morgan fingerprint density at radius 1 is 0.946 bits per heavy atom. The van der Waals surface area contributed by atoms with Crippen LogP contribution in [0.3, 0.4) is 0 Å². The lowest BCUT2D eigenvalue weighted by molar-refractivity contribution is -0.137. The number of likely N-dealkylation sites (tertiary alicyclic amines) is 1. The highest BCUT2D eigenvalue weighted by molar-refractivity contribution is 7.92.